The largest absolute Gasteiger partial charge is 0.365 e. The summed E-state index contributed by atoms with van der Waals surface area (Å²) in [6.07, 6.45) is 7.21. The van der Waals surface area contributed by atoms with Crippen molar-refractivity contribution >= 4 is 11.6 Å². The Morgan fingerprint density at radius 2 is 1.88 bits per heavy atom. The molecule has 180 valence electrons. The lowest BCUT2D eigenvalue weighted by Crippen LogP contribution is -2.51. The van der Waals surface area contributed by atoms with Crippen molar-refractivity contribution in [2.75, 3.05) is 38.1 Å². The van der Waals surface area contributed by atoms with Crippen LogP contribution in [0.2, 0.25) is 0 Å². The molecule has 34 heavy (non-hydrogen) atoms. The topological polar surface area (TPSA) is 94.2 Å². The van der Waals surface area contributed by atoms with Gasteiger partial charge < -0.3 is 15.2 Å². The number of pyridine rings is 1. The second kappa shape index (κ2) is 8.15. The van der Waals surface area contributed by atoms with Crippen molar-refractivity contribution in [1.29, 1.82) is 0 Å². The van der Waals surface area contributed by atoms with Gasteiger partial charge in [0.25, 0.3) is 11.5 Å². The van der Waals surface area contributed by atoms with E-state index < -0.39 is 5.95 Å². The van der Waals surface area contributed by atoms with Crippen LogP contribution in [0.3, 0.4) is 0 Å². The Kier molecular flexibility index (Phi) is 5.20. The van der Waals surface area contributed by atoms with E-state index in [1.807, 2.05) is 4.90 Å². The summed E-state index contributed by atoms with van der Waals surface area (Å²) in [4.78, 5) is 40.9. The lowest BCUT2D eigenvalue weighted by Gasteiger charge is -2.41. The monoisotopic (exact) mass is 466 g/mol. The molecule has 1 unspecified atom stereocenters. The fraction of sp³-hybridized carbons (Fsp3) is 0.600. The Bertz CT molecular complexity index is 1180. The van der Waals surface area contributed by atoms with E-state index in [1.54, 1.807) is 12.1 Å². The average molecular weight is 467 g/mol. The van der Waals surface area contributed by atoms with Crippen LogP contribution in [0.1, 0.15) is 59.7 Å². The van der Waals surface area contributed by atoms with Crippen molar-refractivity contribution in [3.05, 3.63) is 51.2 Å². The third-order valence-corrected chi connectivity index (χ3v) is 8.56. The molecule has 2 bridgehead atoms. The first-order chi connectivity index (χ1) is 16.5. The van der Waals surface area contributed by atoms with Gasteiger partial charge in [-0.2, -0.15) is 4.39 Å². The highest BCUT2D eigenvalue weighted by Gasteiger charge is 2.59. The second-order valence-electron chi connectivity index (χ2n) is 10.4. The van der Waals surface area contributed by atoms with Gasteiger partial charge in [-0.15, -0.1) is 0 Å². The molecular formula is C25H31FN6O2. The number of nitrogens with one attached hydrogen (secondary N) is 2. The van der Waals surface area contributed by atoms with Crippen LogP contribution in [0.4, 0.5) is 10.1 Å². The minimum Gasteiger partial charge on any atom is -0.365 e. The molecular weight excluding hydrogens is 435 g/mol. The number of anilines is 1. The Hall–Kier alpha value is -2.81. The van der Waals surface area contributed by atoms with Gasteiger partial charge in [0.05, 0.1) is 11.4 Å². The molecule has 7 rings (SSSR count). The van der Waals surface area contributed by atoms with Crippen molar-refractivity contribution in [1.82, 2.24) is 25.2 Å². The van der Waals surface area contributed by atoms with Crippen LogP contribution in [0, 0.1) is 11.9 Å². The number of carbonyl (C=O) groups is 1. The third kappa shape index (κ3) is 3.43. The van der Waals surface area contributed by atoms with Gasteiger partial charge in [-0.1, -0.05) is 0 Å². The highest BCUT2D eigenvalue weighted by atomic mass is 19.1. The summed E-state index contributed by atoms with van der Waals surface area (Å²) in [5.74, 6) is 0.566. The van der Waals surface area contributed by atoms with Gasteiger partial charge >= 0.3 is 0 Å². The van der Waals surface area contributed by atoms with E-state index in [4.69, 9.17) is 4.98 Å². The number of rotatable bonds is 4. The molecule has 3 heterocycles. The van der Waals surface area contributed by atoms with Crippen LogP contribution in [-0.4, -0.2) is 65.0 Å². The van der Waals surface area contributed by atoms with E-state index >= 15 is 0 Å². The number of halogens is 1. The second-order valence-corrected chi connectivity index (χ2v) is 10.4. The first-order valence-corrected chi connectivity index (χ1v) is 12.5. The molecule has 0 radical (unpaired) electrons. The predicted molar refractivity (Wildman–Crippen MR) is 126 cm³/mol. The van der Waals surface area contributed by atoms with Crippen molar-refractivity contribution in [3.8, 4) is 0 Å². The number of hydrogen-bond acceptors (Lipinski definition) is 6. The summed E-state index contributed by atoms with van der Waals surface area (Å²) in [6, 6.07) is 3.72. The summed E-state index contributed by atoms with van der Waals surface area (Å²) >= 11 is 0. The fourth-order valence-electron chi connectivity index (χ4n) is 6.73. The predicted octanol–water partition coefficient (Wildman–Crippen LogP) is 1.78. The summed E-state index contributed by atoms with van der Waals surface area (Å²) in [5, 5.41) is 2.47. The van der Waals surface area contributed by atoms with E-state index in [-0.39, 0.29) is 22.6 Å². The number of piperazine rings is 1. The van der Waals surface area contributed by atoms with Gasteiger partial charge in [0.15, 0.2) is 0 Å². The van der Waals surface area contributed by atoms with Crippen LogP contribution >= 0.6 is 0 Å². The number of fused-ring (bicyclic) bond motifs is 2. The molecule has 0 spiro atoms. The maximum absolute atomic E-state index is 14.6. The third-order valence-electron chi connectivity index (χ3n) is 8.56. The van der Waals surface area contributed by atoms with Gasteiger partial charge in [-0.25, -0.2) is 9.97 Å². The minimum absolute atomic E-state index is 0.0177. The van der Waals surface area contributed by atoms with E-state index in [0.717, 1.165) is 88.2 Å². The first kappa shape index (κ1) is 21.7. The molecule has 4 fully saturated rings. The zero-order valence-electron chi connectivity index (χ0n) is 19.6. The van der Waals surface area contributed by atoms with Crippen LogP contribution in [0.5, 0.6) is 0 Å². The van der Waals surface area contributed by atoms with Crippen molar-refractivity contribution in [2.24, 2.45) is 5.92 Å². The van der Waals surface area contributed by atoms with Crippen molar-refractivity contribution in [3.63, 3.8) is 0 Å². The zero-order chi connectivity index (χ0) is 23.4. The van der Waals surface area contributed by atoms with Crippen LogP contribution in [-0.2, 0) is 18.3 Å². The van der Waals surface area contributed by atoms with Gasteiger partial charge in [0.2, 0.25) is 5.95 Å². The first-order valence-electron chi connectivity index (χ1n) is 12.5. The highest BCUT2D eigenvalue weighted by molar-refractivity contribution is 5.92. The number of hydrogen-bond donors (Lipinski definition) is 2. The van der Waals surface area contributed by atoms with E-state index in [9.17, 15) is 14.0 Å². The molecule has 2 aromatic rings. The number of amides is 1. The molecule has 8 nitrogen and oxygen atoms in total. The molecule has 1 amide bonds. The van der Waals surface area contributed by atoms with Crippen LogP contribution in [0.25, 0.3) is 0 Å². The number of H-pyrrole nitrogens is 1. The van der Waals surface area contributed by atoms with E-state index in [2.05, 4.69) is 20.2 Å². The van der Waals surface area contributed by atoms with Gasteiger partial charge in [0.1, 0.15) is 11.5 Å². The normalized spacial score (nSPS) is 28.4. The molecule has 1 saturated heterocycles. The van der Waals surface area contributed by atoms with Crippen molar-refractivity contribution in [2.45, 2.75) is 56.4 Å². The Balaban J connectivity index is 1.12. The molecule has 0 aromatic carbocycles. The Labute approximate surface area is 198 Å². The van der Waals surface area contributed by atoms with Crippen LogP contribution in [0.15, 0.2) is 16.9 Å². The fourth-order valence-corrected chi connectivity index (χ4v) is 6.73. The number of aryl methyl sites for hydroxylation is 1. The maximum Gasteiger partial charge on any atom is 0.269 e. The standard InChI is InChI=1S/C25H31FN6O2/c1-27-23(34)18-6-7-19(21(26)28-18)31-8-10-32(11-9-31)20-14-25(12-15(20)13-25)24-29-17-5-3-2-4-16(17)22(33)30-24/h6-7,15,20H,2-5,8-14H2,1H3,(H,27,34)(H,29,30,33). The van der Waals surface area contributed by atoms with Gasteiger partial charge in [-0.3, -0.25) is 14.5 Å². The summed E-state index contributed by atoms with van der Waals surface area (Å²) in [5.41, 5.74) is 2.57. The number of aromatic amines is 1. The molecule has 2 aromatic heterocycles. The summed E-state index contributed by atoms with van der Waals surface area (Å²) in [7, 11) is 1.51. The molecule has 1 aliphatic heterocycles. The number of nitrogens with zero attached hydrogens (tertiary/aromatic N) is 4. The van der Waals surface area contributed by atoms with Gasteiger partial charge in [0, 0.05) is 50.2 Å². The smallest absolute Gasteiger partial charge is 0.269 e. The maximum atomic E-state index is 14.6. The minimum atomic E-state index is -0.598. The average Bonchev–Trinajstić information content (AvgIpc) is 3.41. The summed E-state index contributed by atoms with van der Waals surface area (Å²) in [6.45, 7) is 3.17. The molecule has 9 heteroatoms. The SMILES string of the molecule is CNC(=O)c1ccc(N2CCN(C3CC4(c5nc6c(c(=O)[nH]5)CCCC6)CC3C4)CC2)c(F)n1. The van der Waals surface area contributed by atoms with Crippen molar-refractivity contribution < 1.29 is 9.18 Å². The zero-order valence-corrected chi connectivity index (χ0v) is 19.6. The summed E-state index contributed by atoms with van der Waals surface area (Å²) < 4.78 is 14.6. The molecule has 5 aliphatic rings. The Morgan fingerprint density at radius 3 is 2.62 bits per heavy atom. The lowest BCUT2D eigenvalue weighted by atomic mass is 9.69. The Morgan fingerprint density at radius 1 is 1.12 bits per heavy atom. The quantitative estimate of drug-likeness (QED) is 0.668. The van der Waals surface area contributed by atoms with Gasteiger partial charge in [-0.05, 0) is 63.0 Å². The highest BCUT2D eigenvalue weighted by Crippen LogP contribution is 2.60. The van der Waals surface area contributed by atoms with E-state index in [1.165, 1.54) is 7.05 Å². The molecule has 2 N–H and O–H groups in total. The van der Waals surface area contributed by atoms with Crippen LogP contribution < -0.4 is 15.8 Å². The number of aromatic nitrogens is 3. The molecule has 3 saturated carbocycles. The molecule has 1 atom stereocenters. The van der Waals surface area contributed by atoms with E-state index in [0.29, 0.717) is 17.6 Å². The molecule has 4 aliphatic carbocycles. The number of carbonyl (C=O) groups excluding carboxylic acids is 1. The lowest BCUT2D eigenvalue weighted by molar-refractivity contribution is 0.0957.